The Balaban J connectivity index is 2.32. The molecule has 2 aromatic rings. The van der Waals surface area contributed by atoms with E-state index in [1.54, 1.807) is 18.2 Å². The third-order valence-electron chi connectivity index (χ3n) is 3.31. The van der Waals surface area contributed by atoms with E-state index < -0.39 is 14.9 Å². The molecule has 0 aliphatic rings. The van der Waals surface area contributed by atoms with Gasteiger partial charge in [-0.25, -0.2) is 0 Å². The van der Waals surface area contributed by atoms with E-state index in [-0.39, 0.29) is 22.0 Å². The van der Waals surface area contributed by atoms with Crippen molar-refractivity contribution >= 4 is 21.4 Å². The van der Waals surface area contributed by atoms with E-state index in [0.717, 1.165) is 6.07 Å². The molecule has 0 aliphatic heterocycles. The first-order valence-electron chi connectivity index (χ1n) is 6.82. The first kappa shape index (κ1) is 17.4. The van der Waals surface area contributed by atoms with Crippen molar-refractivity contribution in [1.29, 1.82) is 0 Å². The van der Waals surface area contributed by atoms with Crippen molar-refractivity contribution in [3.8, 4) is 5.75 Å². The second-order valence-electron chi connectivity index (χ2n) is 5.01. The molecule has 0 saturated heterocycles. The number of hydrazone groups is 1. The van der Waals surface area contributed by atoms with Crippen molar-refractivity contribution < 1.29 is 18.4 Å². The van der Waals surface area contributed by atoms with Gasteiger partial charge in [-0.15, -0.1) is 0 Å². The van der Waals surface area contributed by atoms with Crippen LogP contribution in [0.5, 0.6) is 5.75 Å². The molecule has 0 spiro atoms. The van der Waals surface area contributed by atoms with Gasteiger partial charge in [-0.1, -0.05) is 18.2 Å². The summed E-state index contributed by atoms with van der Waals surface area (Å²) >= 11 is 0. The Morgan fingerprint density at radius 1 is 1.25 bits per heavy atom. The number of aryl methyl sites for hydroxylation is 1. The Labute approximate surface area is 138 Å². The van der Waals surface area contributed by atoms with Crippen LogP contribution in [-0.2, 0) is 10.0 Å². The second kappa shape index (κ2) is 6.67. The smallest absolute Gasteiger partial charge is 0.276 e. The molecule has 0 heterocycles. The van der Waals surface area contributed by atoms with Gasteiger partial charge in [0.15, 0.2) is 0 Å². The Morgan fingerprint density at radius 2 is 1.92 bits per heavy atom. The molecule has 2 N–H and O–H groups in total. The van der Waals surface area contributed by atoms with Gasteiger partial charge < -0.3 is 5.11 Å². The van der Waals surface area contributed by atoms with E-state index in [4.69, 9.17) is 0 Å². The predicted molar refractivity (Wildman–Crippen MR) is 88.5 cm³/mol. The topological polar surface area (TPSA) is 122 Å². The highest BCUT2D eigenvalue weighted by Gasteiger charge is 2.19. The summed E-state index contributed by atoms with van der Waals surface area (Å²) in [4.78, 5) is 12.0. The average Bonchev–Trinajstić information content (AvgIpc) is 2.53. The van der Waals surface area contributed by atoms with Crippen LogP contribution in [0.4, 0.5) is 5.69 Å². The van der Waals surface area contributed by atoms with Gasteiger partial charge in [-0.2, -0.15) is 18.4 Å². The van der Waals surface area contributed by atoms with Crippen molar-refractivity contribution in [2.45, 2.75) is 18.7 Å². The third-order valence-corrected chi connectivity index (χ3v) is 4.52. The Hall–Kier alpha value is -2.94. The number of aromatic hydroxyl groups is 1. The molecule has 0 bridgehead atoms. The summed E-state index contributed by atoms with van der Waals surface area (Å²) in [5.41, 5.74) is 0.681. The third kappa shape index (κ3) is 3.69. The molecule has 0 radical (unpaired) electrons. The van der Waals surface area contributed by atoms with Crippen LogP contribution in [-0.4, -0.2) is 24.2 Å². The van der Waals surface area contributed by atoms with Crippen LogP contribution >= 0.6 is 0 Å². The minimum absolute atomic E-state index is 0.0380. The van der Waals surface area contributed by atoms with E-state index in [1.807, 2.05) is 4.83 Å². The molecule has 0 amide bonds. The number of rotatable bonds is 5. The Kier molecular flexibility index (Phi) is 4.84. The number of nitrogens with one attached hydrogen (secondary N) is 1. The molecule has 0 saturated carbocycles. The molecule has 24 heavy (non-hydrogen) atoms. The lowest BCUT2D eigenvalue weighted by molar-refractivity contribution is -0.385. The molecular formula is C15H15N3O5S. The fraction of sp³-hybridized carbons (Fsp3) is 0.133. The van der Waals surface area contributed by atoms with Crippen LogP contribution in [0.3, 0.4) is 0 Å². The quantitative estimate of drug-likeness (QED) is 0.487. The fourth-order valence-electron chi connectivity index (χ4n) is 1.97. The maximum absolute atomic E-state index is 12.2. The molecule has 0 aliphatic carbocycles. The number of phenols is 1. The number of benzene rings is 2. The molecular weight excluding hydrogens is 334 g/mol. The molecule has 0 fully saturated rings. The number of nitro benzene ring substituents is 1. The van der Waals surface area contributed by atoms with E-state index in [2.05, 4.69) is 5.10 Å². The average molecular weight is 349 g/mol. The summed E-state index contributed by atoms with van der Waals surface area (Å²) < 4.78 is 24.5. The molecule has 2 aromatic carbocycles. The van der Waals surface area contributed by atoms with E-state index in [1.165, 1.54) is 32.0 Å². The lowest BCUT2D eigenvalue weighted by atomic mass is 10.1. The number of para-hydroxylation sites is 1. The van der Waals surface area contributed by atoms with Crippen LogP contribution in [0.15, 0.2) is 52.5 Å². The molecule has 0 unspecified atom stereocenters. The number of hydrogen-bond acceptors (Lipinski definition) is 6. The lowest BCUT2D eigenvalue weighted by Crippen LogP contribution is -2.20. The van der Waals surface area contributed by atoms with Gasteiger partial charge in [0.2, 0.25) is 0 Å². The summed E-state index contributed by atoms with van der Waals surface area (Å²) in [7, 11) is -4.07. The fourth-order valence-corrected chi connectivity index (χ4v) is 2.85. The van der Waals surface area contributed by atoms with Crippen LogP contribution in [0.1, 0.15) is 18.1 Å². The number of nitrogens with zero attached hydrogens (tertiary/aromatic N) is 2. The molecule has 0 atom stereocenters. The van der Waals surface area contributed by atoms with Crippen LogP contribution in [0.25, 0.3) is 0 Å². The zero-order valence-corrected chi connectivity index (χ0v) is 13.7. The van der Waals surface area contributed by atoms with Gasteiger partial charge in [-0.3, -0.25) is 10.1 Å². The highest BCUT2D eigenvalue weighted by atomic mass is 32.2. The van der Waals surface area contributed by atoms with E-state index in [9.17, 15) is 23.6 Å². The minimum Gasteiger partial charge on any atom is -0.507 e. The molecule has 126 valence electrons. The van der Waals surface area contributed by atoms with Crippen molar-refractivity contribution in [1.82, 2.24) is 4.83 Å². The monoisotopic (exact) mass is 349 g/mol. The maximum atomic E-state index is 12.2. The first-order valence-corrected chi connectivity index (χ1v) is 8.30. The molecule has 2 rings (SSSR count). The highest BCUT2D eigenvalue weighted by Crippen LogP contribution is 2.22. The Bertz CT molecular complexity index is 922. The molecule has 9 heteroatoms. The number of sulfonamides is 1. The summed E-state index contributed by atoms with van der Waals surface area (Å²) in [5, 5.41) is 24.4. The molecule has 8 nitrogen and oxygen atoms in total. The number of hydrogen-bond donors (Lipinski definition) is 2. The first-order chi connectivity index (χ1) is 11.2. The van der Waals surface area contributed by atoms with Gasteiger partial charge in [0.1, 0.15) is 5.75 Å². The van der Waals surface area contributed by atoms with Gasteiger partial charge in [0.25, 0.3) is 15.7 Å². The summed E-state index contributed by atoms with van der Waals surface area (Å²) in [6.07, 6.45) is 0. The lowest BCUT2D eigenvalue weighted by Gasteiger charge is -2.07. The van der Waals surface area contributed by atoms with E-state index in [0.29, 0.717) is 11.1 Å². The summed E-state index contributed by atoms with van der Waals surface area (Å²) in [5.74, 6) is -0.0380. The zero-order valence-electron chi connectivity index (χ0n) is 12.9. The Morgan fingerprint density at radius 3 is 2.54 bits per heavy atom. The summed E-state index contributed by atoms with van der Waals surface area (Å²) in [6.45, 7) is 3.04. The molecule has 0 aromatic heterocycles. The van der Waals surface area contributed by atoms with Crippen LogP contribution in [0, 0.1) is 17.0 Å². The predicted octanol–water partition coefficient (Wildman–Crippen LogP) is 2.31. The largest absolute Gasteiger partial charge is 0.507 e. The van der Waals surface area contributed by atoms with Crippen LogP contribution < -0.4 is 4.83 Å². The van der Waals surface area contributed by atoms with Crippen molar-refractivity contribution in [2.75, 3.05) is 0 Å². The number of phenolic OH excluding ortho intramolecular Hbond substituents is 1. The van der Waals surface area contributed by atoms with E-state index >= 15 is 0 Å². The standard InChI is InChI=1S/C15H15N3O5S/c1-10-7-8-12(9-14(10)18(20)21)24(22,23)17-16-11(2)13-5-3-4-6-15(13)19/h3-9,17,19H,1-2H3/b16-11-. The van der Waals surface area contributed by atoms with Gasteiger partial charge in [0, 0.05) is 17.2 Å². The maximum Gasteiger partial charge on any atom is 0.276 e. The normalized spacial score (nSPS) is 12.0. The van der Waals surface area contributed by atoms with Crippen molar-refractivity contribution in [2.24, 2.45) is 5.10 Å². The van der Waals surface area contributed by atoms with Gasteiger partial charge in [0.05, 0.1) is 15.5 Å². The van der Waals surface area contributed by atoms with Crippen molar-refractivity contribution in [3.05, 3.63) is 63.7 Å². The SMILES string of the molecule is C/C(=N/NS(=O)(=O)c1ccc(C)c([N+](=O)[O-])c1)c1ccccc1O. The number of nitro groups is 1. The zero-order chi connectivity index (χ0) is 17.9. The van der Waals surface area contributed by atoms with Gasteiger partial charge >= 0.3 is 0 Å². The van der Waals surface area contributed by atoms with Crippen LogP contribution in [0.2, 0.25) is 0 Å². The highest BCUT2D eigenvalue weighted by molar-refractivity contribution is 7.89. The second-order valence-corrected chi connectivity index (χ2v) is 6.68. The summed E-state index contributed by atoms with van der Waals surface area (Å²) in [6, 6.07) is 9.92. The minimum atomic E-state index is -4.07. The van der Waals surface area contributed by atoms with Crippen molar-refractivity contribution in [3.63, 3.8) is 0 Å². The van der Waals surface area contributed by atoms with Gasteiger partial charge in [-0.05, 0) is 32.0 Å².